The van der Waals surface area contributed by atoms with Crippen LogP contribution >= 0.6 is 15.9 Å². The summed E-state index contributed by atoms with van der Waals surface area (Å²) < 4.78 is 11.9. The zero-order chi connectivity index (χ0) is 15.5. The van der Waals surface area contributed by atoms with Crippen molar-refractivity contribution in [2.24, 2.45) is 0 Å². The van der Waals surface area contributed by atoms with Crippen LogP contribution in [0, 0.1) is 0 Å². The normalized spacial score (nSPS) is 14.3. The summed E-state index contributed by atoms with van der Waals surface area (Å²) in [5.74, 6) is 1.16. The van der Waals surface area contributed by atoms with Gasteiger partial charge in [0, 0.05) is 10.0 Å². The molecule has 0 spiro atoms. The Kier molecular flexibility index (Phi) is 4.34. The molecule has 0 radical (unpaired) electrons. The number of hydrogen-bond acceptors (Lipinski definition) is 3. The number of nitrogens with one attached hydrogen (secondary N) is 1. The largest absolute Gasteiger partial charge is 0.486 e. The molecule has 1 aliphatic heterocycles. The summed E-state index contributed by atoms with van der Waals surface area (Å²) in [6, 6.07) is 13.0. The summed E-state index contributed by atoms with van der Waals surface area (Å²) in [5.41, 5.74) is 1.59. The minimum atomic E-state index is -0.139. The Morgan fingerprint density at radius 2 is 1.86 bits per heavy atom. The first-order chi connectivity index (χ1) is 10.6. The molecule has 0 aliphatic carbocycles. The molecule has 4 nitrogen and oxygen atoms in total. The average Bonchev–Trinajstić information content (AvgIpc) is 2.54. The minimum Gasteiger partial charge on any atom is -0.486 e. The van der Waals surface area contributed by atoms with Crippen molar-refractivity contribution in [3.05, 3.63) is 58.1 Å². The van der Waals surface area contributed by atoms with Gasteiger partial charge in [-0.2, -0.15) is 0 Å². The van der Waals surface area contributed by atoms with E-state index in [1.807, 2.05) is 31.2 Å². The number of halogens is 1. The monoisotopic (exact) mass is 361 g/mol. The molecule has 1 aliphatic rings. The summed E-state index contributed by atoms with van der Waals surface area (Å²) in [6.07, 6.45) is 0. The highest BCUT2D eigenvalue weighted by molar-refractivity contribution is 9.10. The van der Waals surface area contributed by atoms with Crippen molar-refractivity contribution in [3.8, 4) is 11.5 Å². The third-order valence-corrected chi connectivity index (χ3v) is 4.25. The first-order valence-electron chi connectivity index (χ1n) is 7.10. The predicted octanol–water partition coefficient (Wildman–Crippen LogP) is 3.71. The van der Waals surface area contributed by atoms with Crippen LogP contribution in [0.5, 0.6) is 11.5 Å². The Hall–Kier alpha value is -2.01. The van der Waals surface area contributed by atoms with Gasteiger partial charge in [0.15, 0.2) is 11.5 Å². The molecule has 0 saturated heterocycles. The number of amides is 1. The Morgan fingerprint density at radius 1 is 1.14 bits per heavy atom. The van der Waals surface area contributed by atoms with Crippen LogP contribution in [-0.4, -0.2) is 19.1 Å². The number of carbonyl (C=O) groups excluding carboxylic acids is 1. The number of carbonyl (C=O) groups is 1. The van der Waals surface area contributed by atoms with Gasteiger partial charge in [0.05, 0.1) is 6.04 Å². The standard InChI is InChI=1S/C17H16BrNO3/c1-11(13-4-2-3-5-14(13)18)19-17(20)12-6-7-15-16(10-12)22-9-8-21-15/h2-7,10-11H,8-9H2,1H3,(H,19,20). The van der Waals surface area contributed by atoms with Gasteiger partial charge in [-0.15, -0.1) is 0 Å². The molecule has 0 fully saturated rings. The van der Waals surface area contributed by atoms with Crippen LogP contribution in [0.1, 0.15) is 28.9 Å². The number of hydrogen-bond donors (Lipinski definition) is 1. The highest BCUT2D eigenvalue weighted by atomic mass is 79.9. The third-order valence-electron chi connectivity index (χ3n) is 3.52. The molecule has 114 valence electrons. The van der Waals surface area contributed by atoms with E-state index in [0.29, 0.717) is 30.3 Å². The van der Waals surface area contributed by atoms with Crippen molar-refractivity contribution in [3.63, 3.8) is 0 Å². The Bertz CT molecular complexity index is 702. The van der Waals surface area contributed by atoms with Gasteiger partial charge >= 0.3 is 0 Å². The molecule has 1 unspecified atom stereocenters. The fraction of sp³-hybridized carbons (Fsp3) is 0.235. The molecule has 0 saturated carbocycles. The second kappa shape index (κ2) is 6.40. The van der Waals surface area contributed by atoms with Gasteiger partial charge in [0.25, 0.3) is 5.91 Å². The van der Waals surface area contributed by atoms with Gasteiger partial charge in [0.2, 0.25) is 0 Å². The molecule has 1 N–H and O–H groups in total. The number of ether oxygens (including phenoxy) is 2. The van der Waals surface area contributed by atoms with E-state index >= 15 is 0 Å². The van der Waals surface area contributed by atoms with E-state index in [9.17, 15) is 4.79 Å². The topological polar surface area (TPSA) is 47.6 Å². The van der Waals surface area contributed by atoms with Crippen LogP contribution in [0.2, 0.25) is 0 Å². The quantitative estimate of drug-likeness (QED) is 0.906. The van der Waals surface area contributed by atoms with Gasteiger partial charge in [-0.05, 0) is 36.8 Å². The zero-order valence-electron chi connectivity index (χ0n) is 12.1. The maximum Gasteiger partial charge on any atom is 0.251 e. The van der Waals surface area contributed by atoms with Crippen molar-refractivity contribution in [2.45, 2.75) is 13.0 Å². The van der Waals surface area contributed by atoms with Crippen molar-refractivity contribution < 1.29 is 14.3 Å². The molecule has 5 heteroatoms. The van der Waals surface area contributed by atoms with E-state index in [2.05, 4.69) is 21.2 Å². The summed E-state index contributed by atoms with van der Waals surface area (Å²) >= 11 is 3.50. The lowest BCUT2D eigenvalue weighted by molar-refractivity contribution is 0.0938. The van der Waals surface area contributed by atoms with Gasteiger partial charge in [-0.25, -0.2) is 0 Å². The van der Waals surface area contributed by atoms with E-state index in [1.54, 1.807) is 18.2 Å². The lowest BCUT2D eigenvalue weighted by Crippen LogP contribution is -2.27. The maximum atomic E-state index is 12.4. The first kappa shape index (κ1) is 14.9. The van der Waals surface area contributed by atoms with Crippen molar-refractivity contribution in [1.29, 1.82) is 0 Å². The Balaban J connectivity index is 1.76. The predicted molar refractivity (Wildman–Crippen MR) is 87.5 cm³/mol. The Morgan fingerprint density at radius 3 is 2.64 bits per heavy atom. The summed E-state index contributed by atoms with van der Waals surface area (Å²) in [6.45, 7) is 3.00. The van der Waals surface area contributed by atoms with E-state index in [0.717, 1.165) is 10.0 Å². The number of fused-ring (bicyclic) bond motifs is 1. The molecule has 3 rings (SSSR count). The van der Waals surface area contributed by atoms with Crippen LogP contribution in [0.3, 0.4) is 0 Å². The van der Waals surface area contributed by atoms with E-state index in [4.69, 9.17) is 9.47 Å². The summed E-state index contributed by atoms with van der Waals surface area (Å²) in [5, 5.41) is 2.99. The fourth-order valence-electron chi connectivity index (χ4n) is 2.37. The molecule has 1 atom stereocenters. The molecule has 22 heavy (non-hydrogen) atoms. The van der Waals surface area contributed by atoms with Crippen LogP contribution < -0.4 is 14.8 Å². The highest BCUT2D eigenvalue weighted by Crippen LogP contribution is 2.31. The smallest absolute Gasteiger partial charge is 0.251 e. The summed E-state index contributed by atoms with van der Waals surface area (Å²) in [4.78, 5) is 12.4. The minimum absolute atomic E-state index is 0.101. The molecular formula is C17H16BrNO3. The van der Waals surface area contributed by atoms with Crippen molar-refractivity contribution >= 4 is 21.8 Å². The van der Waals surface area contributed by atoms with E-state index in [1.165, 1.54) is 0 Å². The van der Waals surface area contributed by atoms with E-state index in [-0.39, 0.29) is 11.9 Å². The number of rotatable bonds is 3. The molecule has 0 bridgehead atoms. The van der Waals surface area contributed by atoms with Crippen LogP contribution in [0.15, 0.2) is 46.9 Å². The molecular weight excluding hydrogens is 346 g/mol. The second-order valence-electron chi connectivity index (χ2n) is 5.08. The third kappa shape index (κ3) is 3.09. The van der Waals surface area contributed by atoms with Crippen molar-refractivity contribution in [2.75, 3.05) is 13.2 Å². The molecule has 1 heterocycles. The van der Waals surface area contributed by atoms with Crippen LogP contribution in [0.25, 0.3) is 0 Å². The van der Waals surface area contributed by atoms with Gasteiger partial charge in [0.1, 0.15) is 13.2 Å². The molecule has 2 aromatic carbocycles. The van der Waals surface area contributed by atoms with E-state index < -0.39 is 0 Å². The SMILES string of the molecule is CC(NC(=O)c1ccc2c(c1)OCCO2)c1ccccc1Br. The lowest BCUT2D eigenvalue weighted by Gasteiger charge is -2.20. The second-order valence-corrected chi connectivity index (χ2v) is 5.93. The molecule has 0 aromatic heterocycles. The fourth-order valence-corrected chi connectivity index (χ4v) is 3.00. The highest BCUT2D eigenvalue weighted by Gasteiger charge is 2.17. The van der Waals surface area contributed by atoms with Crippen LogP contribution in [0.4, 0.5) is 0 Å². The van der Waals surface area contributed by atoms with Gasteiger partial charge in [-0.3, -0.25) is 4.79 Å². The summed E-state index contributed by atoms with van der Waals surface area (Å²) in [7, 11) is 0. The average molecular weight is 362 g/mol. The lowest BCUT2D eigenvalue weighted by atomic mass is 10.1. The Labute approximate surface area is 137 Å². The maximum absolute atomic E-state index is 12.4. The first-order valence-corrected chi connectivity index (χ1v) is 7.89. The zero-order valence-corrected chi connectivity index (χ0v) is 13.7. The number of benzene rings is 2. The molecule has 2 aromatic rings. The van der Waals surface area contributed by atoms with Gasteiger partial charge in [-0.1, -0.05) is 34.1 Å². The van der Waals surface area contributed by atoms with Gasteiger partial charge < -0.3 is 14.8 Å². The van der Waals surface area contributed by atoms with Crippen LogP contribution in [-0.2, 0) is 0 Å². The molecule has 1 amide bonds. The van der Waals surface area contributed by atoms with Crippen molar-refractivity contribution in [1.82, 2.24) is 5.32 Å².